The summed E-state index contributed by atoms with van der Waals surface area (Å²) in [4.78, 5) is 14.8. The number of anilines is 1. The standard InChI is InChI=1S/C19H27N3O2/c1-14-7-6-8-15(2)22(14)19(23)20-17-13-21(11-12-24-3)18-10-5-4-9-16(17)18/h4-5,9-10,13-15H,6-8,11-12H2,1-3H3,(H,20,23). The third-order valence-corrected chi connectivity index (χ3v) is 4.99. The number of aromatic nitrogens is 1. The van der Waals surface area contributed by atoms with Gasteiger partial charge in [0.1, 0.15) is 0 Å². The molecule has 1 aromatic carbocycles. The van der Waals surface area contributed by atoms with Gasteiger partial charge in [0, 0.05) is 37.3 Å². The highest BCUT2D eigenvalue weighted by molar-refractivity contribution is 6.01. The molecule has 0 radical (unpaired) electrons. The second-order valence-electron chi connectivity index (χ2n) is 6.71. The Kier molecular flexibility index (Phi) is 5.09. The van der Waals surface area contributed by atoms with Crippen LogP contribution in [0.25, 0.3) is 10.9 Å². The highest BCUT2D eigenvalue weighted by Crippen LogP contribution is 2.28. The molecule has 1 fully saturated rings. The second kappa shape index (κ2) is 7.26. The highest BCUT2D eigenvalue weighted by atomic mass is 16.5. The average Bonchev–Trinajstić information content (AvgIpc) is 2.91. The Hall–Kier alpha value is -2.01. The Morgan fingerprint density at radius 2 is 1.96 bits per heavy atom. The number of urea groups is 1. The van der Waals surface area contributed by atoms with Gasteiger partial charge < -0.3 is 19.5 Å². The molecule has 1 aromatic heterocycles. The number of methoxy groups -OCH3 is 1. The van der Waals surface area contributed by atoms with Gasteiger partial charge in [-0.05, 0) is 39.2 Å². The normalized spacial score (nSPS) is 21.2. The van der Waals surface area contributed by atoms with Crippen LogP contribution in [0.3, 0.4) is 0 Å². The number of piperidine rings is 1. The number of carbonyl (C=O) groups is 1. The molecule has 2 atom stereocenters. The molecule has 2 unspecified atom stereocenters. The van der Waals surface area contributed by atoms with Crippen LogP contribution >= 0.6 is 0 Å². The SMILES string of the molecule is COCCn1cc(NC(=O)N2C(C)CCCC2C)c2ccccc21. The number of rotatable bonds is 4. The number of ether oxygens (including phenoxy) is 1. The summed E-state index contributed by atoms with van der Waals surface area (Å²) in [5.74, 6) is 0. The molecular weight excluding hydrogens is 302 g/mol. The van der Waals surface area contributed by atoms with Crippen molar-refractivity contribution in [1.29, 1.82) is 0 Å². The van der Waals surface area contributed by atoms with E-state index in [-0.39, 0.29) is 18.1 Å². The third kappa shape index (κ3) is 3.26. The molecule has 2 amide bonds. The first-order valence-corrected chi connectivity index (χ1v) is 8.78. The van der Waals surface area contributed by atoms with Crippen molar-refractivity contribution >= 4 is 22.6 Å². The third-order valence-electron chi connectivity index (χ3n) is 4.99. The van der Waals surface area contributed by atoms with Crippen LogP contribution in [0.15, 0.2) is 30.5 Å². The molecule has 1 saturated heterocycles. The number of carbonyl (C=O) groups excluding carboxylic acids is 1. The minimum atomic E-state index is 0.00402. The number of nitrogens with one attached hydrogen (secondary N) is 1. The molecular formula is C19H27N3O2. The molecule has 1 N–H and O–H groups in total. The van der Waals surface area contributed by atoms with E-state index in [1.165, 1.54) is 6.42 Å². The number of benzene rings is 1. The first kappa shape index (κ1) is 16.8. The lowest BCUT2D eigenvalue weighted by atomic mass is 9.98. The maximum Gasteiger partial charge on any atom is 0.322 e. The molecule has 3 rings (SSSR count). The fraction of sp³-hybridized carbons (Fsp3) is 0.526. The van der Waals surface area contributed by atoms with Gasteiger partial charge in [-0.1, -0.05) is 18.2 Å². The van der Waals surface area contributed by atoms with Crippen molar-refractivity contribution in [3.05, 3.63) is 30.5 Å². The quantitative estimate of drug-likeness (QED) is 0.918. The van der Waals surface area contributed by atoms with Gasteiger partial charge in [0.05, 0.1) is 17.8 Å². The molecule has 0 saturated carbocycles. The highest BCUT2D eigenvalue weighted by Gasteiger charge is 2.29. The predicted molar refractivity (Wildman–Crippen MR) is 97.4 cm³/mol. The van der Waals surface area contributed by atoms with Crippen molar-refractivity contribution in [2.75, 3.05) is 19.0 Å². The first-order chi connectivity index (χ1) is 11.6. The van der Waals surface area contributed by atoms with Crippen LogP contribution in [0.2, 0.25) is 0 Å². The topological polar surface area (TPSA) is 46.5 Å². The summed E-state index contributed by atoms with van der Waals surface area (Å²) >= 11 is 0. The van der Waals surface area contributed by atoms with Crippen molar-refractivity contribution in [3.63, 3.8) is 0 Å². The van der Waals surface area contributed by atoms with Crippen LogP contribution in [0.4, 0.5) is 10.5 Å². The minimum absolute atomic E-state index is 0.00402. The summed E-state index contributed by atoms with van der Waals surface area (Å²) in [6, 6.07) is 8.73. The molecule has 5 heteroatoms. The van der Waals surface area contributed by atoms with Crippen LogP contribution in [0.1, 0.15) is 33.1 Å². The Balaban J connectivity index is 1.85. The summed E-state index contributed by atoms with van der Waals surface area (Å²) < 4.78 is 7.33. The van der Waals surface area contributed by atoms with Crippen LogP contribution in [0, 0.1) is 0 Å². The molecule has 2 heterocycles. The van der Waals surface area contributed by atoms with E-state index in [2.05, 4.69) is 35.9 Å². The molecule has 0 bridgehead atoms. The molecule has 0 aliphatic carbocycles. The van der Waals surface area contributed by atoms with E-state index in [1.807, 2.05) is 23.2 Å². The zero-order valence-electron chi connectivity index (χ0n) is 14.8. The van der Waals surface area contributed by atoms with Crippen LogP contribution in [-0.2, 0) is 11.3 Å². The van der Waals surface area contributed by atoms with Gasteiger partial charge in [-0.25, -0.2) is 4.79 Å². The number of fused-ring (bicyclic) bond motifs is 1. The van der Waals surface area contributed by atoms with Crippen molar-refractivity contribution in [1.82, 2.24) is 9.47 Å². The van der Waals surface area contributed by atoms with Gasteiger partial charge >= 0.3 is 6.03 Å². The summed E-state index contributed by atoms with van der Waals surface area (Å²) in [5.41, 5.74) is 1.99. The zero-order valence-corrected chi connectivity index (χ0v) is 14.8. The van der Waals surface area contributed by atoms with E-state index < -0.39 is 0 Å². The number of amides is 2. The van der Waals surface area contributed by atoms with Gasteiger partial charge in [-0.15, -0.1) is 0 Å². The first-order valence-electron chi connectivity index (χ1n) is 8.78. The molecule has 1 aliphatic heterocycles. The van der Waals surface area contributed by atoms with E-state index in [0.717, 1.165) is 36.0 Å². The smallest absolute Gasteiger partial charge is 0.322 e. The maximum absolute atomic E-state index is 12.8. The van der Waals surface area contributed by atoms with Gasteiger partial charge in [0.2, 0.25) is 0 Å². The van der Waals surface area contributed by atoms with E-state index in [4.69, 9.17) is 4.74 Å². The second-order valence-corrected chi connectivity index (χ2v) is 6.71. The van der Waals surface area contributed by atoms with E-state index in [0.29, 0.717) is 6.61 Å². The van der Waals surface area contributed by atoms with Crippen LogP contribution in [0.5, 0.6) is 0 Å². The Morgan fingerprint density at radius 3 is 2.67 bits per heavy atom. The monoisotopic (exact) mass is 329 g/mol. The fourth-order valence-electron chi connectivity index (χ4n) is 3.72. The van der Waals surface area contributed by atoms with E-state index in [9.17, 15) is 4.79 Å². The minimum Gasteiger partial charge on any atom is -0.383 e. The van der Waals surface area contributed by atoms with E-state index >= 15 is 0 Å². The molecule has 24 heavy (non-hydrogen) atoms. The van der Waals surface area contributed by atoms with Gasteiger partial charge in [-0.2, -0.15) is 0 Å². The van der Waals surface area contributed by atoms with Gasteiger partial charge in [0.25, 0.3) is 0 Å². The van der Waals surface area contributed by atoms with Crippen molar-refractivity contribution < 1.29 is 9.53 Å². The molecule has 130 valence electrons. The Morgan fingerprint density at radius 1 is 1.25 bits per heavy atom. The zero-order chi connectivity index (χ0) is 17.1. The van der Waals surface area contributed by atoms with Crippen molar-refractivity contribution in [2.45, 2.75) is 51.7 Å². The lowest BCUT2D eigenvalue weighted by Crippen LogP contribution is -2.49. The Bertz CT molecular complexity index is 700. The Labute approximate surface area is 143 Å². The fourth-order valence-corrected chi connectivity index (χ4v) is 3.72. The van der Waals surface area contributed by atoms with Gasteiger partial charge in [-0.3, -0.25) is 0 Å². The van der Waals surface area contributed by atoms with Crippen LogP contribution < -0.4 is 5.32 Å². The lowest BCUT2D eigenvalue weighted by Gasteiger charge is -2.38. The summed E-state index contributed by atoms with van der Waals surface area (Å²) in [6.07, 6.45) is 5.37. The number of nitrogens with zero attached hydrogens (tertiary/aromatic N) is 2. The van der Waals surface area contributed by atoms with Crippen molar-refractivity contribution in [3.8, 4) is 0 Å². The lowest BCUT2D eigenvalue weighted by molar-refractivity contribution is 0.133. The van der Waals surface area contributed by atoms with Crippen molar-refractivity contribution in [2.24, 2.45) is 0 Å². The van der Waals surface area contributed by atoms with Gasteiger partial charge in [0.15, 0.2) is 0 Å². The number of para-hydroxylation sites is 1. The summed E-state index contributed by atoms with van der Waals surface area (Å²) in [6.45, 7) is 5.68. The van der Waals surface area contributed by atoms with E-state index in [1.54, 1.807) is 7.11 Å². The number of likely N-dealkylation sites (tertiary alicyclic amines) is 1. The van der Waals surface area contributed by atoms with Crippen LogP contribution in [-0.4, -0.2) is 41.3 Å². The molecule has 2 aromatic rings. The predicted octanol–water partition coefficient (Wildman–Crippen LogP) is 4.08. The molecule has 0 spiro atoms. The summed E-state index contributed by atoms with van der Waals surface area (Å²) in [5, 5.41) is 4.21. The number of hydrogen-bond donors (Lipinski definition) is 1. The number of hydrogen-bond acceptors (Lipinski definition) is 2. The summed E-state index contributed by atoms with van der Waals surface area (Å²) in [7, 11) is 1.70. The largest absolute Gasteiger partial charge is 0.383 e. The molecule has 1 aliphatic rings. The molecule has 5 nitrogen and oxygen atoms in total. The average molecular weight is 329 g/mol. The maximum atomic E-state index is 12.8.